The van der Waals surface area contributed by atoms with Crippen molar-refractivity contribution in [2.45, 2.75) is 93.4 Å². The van der Waals surface area contributed by atoms with Crippen molar-refractivity contribution in [3.05, 3.63) is 120 Å². The van der Waals surface area contributed by atoms with Gasteiger partial charge >= 0.3 is 0 Å². The van der Waals surface area contributed by atoms with Gasteiger partial charge in [-0.1, -0.05) is 60.4 Å². The second-order valence-electron chi connectivity index (χ2n) is 17.0. The molecule has 0 saturated heterocycles. The fraction of sp³-hybridized carbons (Fsp3) is 0.362. The third-order valence-corrected chi connectivity index (χ3v) is 13.5. The largest absolute Gasteiger partial charge is 0.361 e. The van der Waals surface area contributed by atoms with E-state index in [1.165, 1.54) is 17.9 Å². The number of amides is 1. The molecule has 6 rings (SSSR count). The molecule has 1 atom stereocenters. The zero-order valence-corrected chi connectivity index (χ0v) is 39.2. The molecule has 1 aromatic heterocycles. The molecule has 1 amide bonds. The molecule has 4 aromatic rings. The van der Waals surface area contributed by atoms with Gasteiger partial charge in [0, 0.05) is 105 Å². The number of aromatic nitrogens is 1. The van der Waals surface area contributed by atoms with Gasteiger partial charge in [0.1, 0.15) is 6.54 Å². The third-order valence-electron chi connectivity index (χ3n) is 11.6. The maximum absolute atomic E-state index is 13.3. The molecule has 0 radical (unpaired) electrons. The summed E-state index contributed by atoms with van der Waals surface area (Å²) in [5.74, 6) is -0.576. The summed E-state index contributed by atoms with van der Waals surface area (Å²) in [5.41, 5.74) is 7.88. The predicted molar refractivity (Wildman–Crippen MR) is 253 cm³/mol. The van der Waals surface area contributed by atoms with E-state index < -0.39 is 15.6 Å². The number of likely N-dealkylation sites (N-methyl/N-ethyl adjacent to an activating group) is 1. The lowest BCUT2D eigenvalue weighted by molar-refractivity contribution is -0.438. The Hall–Kier alpha value is -4.49. The Kier molecular flexibility index (Phi) is 16.0. The fourth-order valence-electron chi connectivity index (χ4n) is 8.56. The molecule has 336 valence electrons. The molecule has 63 heavy (non-hydrogen) atoms. The van der Waals surface area contributed by atoms with Crippen molar-refractivity contribution in [3.63, 3.8) is 0 Å². The Morgan fingerprint density at radius 2 is 1.60 bits per heavy atom. The van der Waals surface area contributed by atoms with Gasteiger partial charge < -0.3 is 15.2 Å². The van der Waals surface area contributed by atoms with Crippen molar-refractivity contribution in [3.8, 4) is 0 Å². The number of anilines is 1. The first kappa shape index (κ1) is 48.0. The van der Waals surface area contributed by atoms with Crippen molar-refractivity contribution < 1.29 is 47.6 Å². The van der Waals surface area contributed by atoms with Crippen LogP contribution in [0.1, 0.15) is 77.0 Å². The van der Waals surface area contributed by atoms with Crippen LogP contribution in [0.5, 0.6) is 0 Å². The minimum Gasteiger partial charge on any atom is -0.361 e. The number of ketones is 1. The second-order valence-corrected chi connectivity index (χ2v) is 21.4. The summed E-state index contributed by atoms with van der Waals surface area (Å²) in [7, 11) is -2.47. The third kappa shape index (κ3) is 11.4. The number of hydrogen-bond acceptors (Lipinski definition) is 12. The number of para-hydroxylation sites is 1. The average molecular weight is 918 g/mol. The SMILES string of the molecule is CCN1/C(=C/C=C/C=C/C2=[N+](CCCCCC(=O)N[C@@H](Cc3c[nH]c4ccccc34)C(=O)C=S(C)(C)=O)c3ccc(SOOO)cc3C2(C)C)C(C)(C)c2cc(SOOO)ccc21. The Morgan fingerprint density at radius 1 is 0.905 bits per heavy atom. The van der Waals surface area contributed by atoms with Crippen molar-refractivity contribution in [1.82, 2.24) is 10.3 Å². The van der Waals surface area contributed by atoms with Crippen LogP contribution in [0.15, 0.2) is 113 Å². The molecule has 2 aliphatic rings. The zero-order valence-electron chi connectivity index (χ0n) is 36.7. The van der Waals surface area contributed by atoms with E-state index in [-0.39, 0.29) is 35.4 Å². The summed E-state index contributed by atoms with van der Waals surface area (Å²) in [6.07, 6.45) is 18.1. The van der Waals surface area contributed by atoms with Crippen LogP contribution in [0.3, 0.4) is 0 Å². The molecular formula is C47H57N4O9S3+. The molecule has 16 heteroatoms. The fourth-order valence-corrected chi connectivity index (χ4v) is 10.1. The number of carbonyl (C=O) groups is 2. The van der Waals surface area contributed by atoms with Gasteiger partial charge in [0.15, 0.2) is 11.5 Å². The van der Waals surface area contributed by atoms with Gasteiger partial charge in [-0.25, -0.2) is 10.5 Å². The van der Waals surface area contributed by atoms with Gasteiger partial charge in [0.2, 0.25) is 11.6 Å². The summed E-state index contributed by atoms with van der Waals surface area (Å²) in [6, 6.07) is 19.0. The van der Waals surface area contributed by atoms with E-state index in [0.29, 0.717) is 13.0 Å². The summed E-state index contributed by atoms with van der Waals surface area (Å²) < 4.78 is 24.3. The number of aromatic amines is 1. The standard InChI is InChI=1S/C47H56N4O9S3/c1-8-50-40-24-22-33(61-59-57-54)28-36(40)46(2,3)43(50)19-11-9-12-20-44-47(4,5)37-29-34(62-60-58-55)23-25-41(37)51(44)26-16-10-13-21-45(53)49-39(42(52)31-63(6,7)56)27-32-30-48-38-18-15-14-17-35(32)38/h9,11-12,14-15,17-20,22-25,28-31,39,48H,8,10,13,16,21,26-27H2,1-7H3,(H2-,49,53,54,55)/p+1/t39-/m0/s1. The first-order valence-electron chi connectivity index (χ1n) is 20.8. The molecule has 0 fully saturated rings. The van der Waals surface area contributed by atoms with Crippen LogP contribution in [0.2, 0.25) is 0 Å². The highest BCUT2D eigenvalue weighted by Gasteiger charge is 2.44. The molecule has 0 aliphatic carbocycles. The molecule has 0 unspecified atom stereocenters. The van der Waals surface area contributed by atoms with Gasteiger partial charge in [-0.2, -0.15) is 4.58 Å². The Bertz CT molecular complexity index is 2560. The van der Waals surface area contributed by atoms with Gasteiger partial charge in [-0.15, -0.1) is 8.67 Å². The zero-order chi connectivity index (χ0) is 45.4. The first-order chi connectivity index (χ1) is 30.1. The number of unbranched alkanes of at least 4 members (excludes halogenated alkanes) is 2. The highest BCUT2D eigenvalue weighted by molar-refractivity contribution is 8.01. The van der Waals surface area contributed by atoms with E-state index in [1.54, 1.807) is 0 Å². The summed E-state index contributed by atoms with van der Waals surface area (Å²) >= 11 is 1.87. The van der Waals surface area contributed by atoms with Gasteiger partial charge in [-0.3, -0.25) is 13.8 Å². The lowest BCUT2D eigenvalue weighted by Gasteiger charge is -2.25. The highest BCUT2D eigenvalue weighted by Crippen LogP contribution is 2.49. The number of hydrogen-bond donors (Lipinski definition) is 4. The number of H-pyrrole nitrogens is 1. The Morgan fingerprint density at radius 3 is 2.30 bits per heavy atom. The van der Waals surface area contributed by atoms with Gasteiger partial charge in [0.05, 0.1) is 35.5 Å². The van der Waals surface area contributed by atoms with E-state index in [9.17, 15) is 13.8 Å². The molecular weight excluding hydrogens is 861 g/mol. The number of Topliss-reactive ketones (excluding diaryl/α,β-unsaturated/α-hetero) is 1. The number of nitrogens with zero attached hydrogens (tertiary/aromatic N) is 2. The molecule has 4 N–H and O–H groups in total. The number of fused-ring (bicyclic) bond motifs is 3. The number of nitrogens with one attached hydrogen (secondary N) is 2. The molecule has 2 aliphatic heterocycles. The van der Waals surface area contributed by atoms with Crippen molar-refractivity contribution in [2.24, 2.45) is 0 Å². The molecule has 3 heterocycles. The average Bonchev–Trinajstić information content (AvgIpc) is 3.82. The first-order valence-corrected chi connectivity index (χ1v) is 24.7. The monoisotopic (exact) mass is 917 g/mol. The molecule has 0 bridgehead atoms. The molecule has 13 nitrogen and oxygen atoms in total. The maximum atomic E-state index is 13.3. The van der Waals surface area contributed by atoms with Crippen molar-refractivity contribution in [2.75, 3.05) is 30.5 Å². The minimum atomic E-state index is -2.47. The van der Waals surface area contributed by atoms with Crippen molar-refractivity contribution in [1.29, 1.82) is 0 Å². The second kappa shape index (κ2) is 21.0. The number of carbonyl (C=O) groups excluding carboxylic acids is 2. The van der Waals surface area contributed by atoms with E-state index in [4.69, 9.17) is 14.8 Å². The highest BCUT2D eigenvalue weighted by atomic mass is 32.2. The smallest absolute Gasteiger partial charge is 0.220 e. The van der Waals surface area contributed by atoms with Crippen LogP contribution in [0.25, 0.3) is 10.9 Å². The van der Waals surface area contributed by atoms with Crippen LogP contribution in [-0.4, -0.2) is 78.7 Å². The van der Waals surface area contributed by atoms with Crippen molar-refractivity contribution >= 4 is 78.7 Å². The minimum absolute atomic E-state index is 0.220. The lowest BCUT2D eigenvalue weighted by atomic mass is 9.81. The normalized spacial score (nSPS) is 16.7. The van der Waals surface area contributed by atoms with Gasteiger partial charge in [-0.05, 0) is 96.7 Å². The maximum Gasteiger partial charge on any atom is 0.220 e. The molecule has 0 saturated carbocycles. The van der Waals surface area contributed by atoms with Crippen LogP contribution >= 0.6 is 24.1 Å². The van der Waals surface area contributed by atoms with Gasteiger partial charge in [0.25, 0.3) is 0 Å². The van der Waals surface area contributed by atoms with Crippen LogP contribution in [-0.2, 0) is 55.1 Å². The molecule has 0 spiro atoms. The number of allylic oxidation sites excluding steroid dienone is 6. The molecule has 3 aromatic carbocycles. The predicted octanol–water partition coefficient (Wildman–Crippen LogP) is 9.42. The summed E-state index contributed by atoms with van der Waals surface area (Å²) in [5, 5.41) is 30.3. The quantitative estimate of drug-likeness (QED) is 0.0119. The summed E-state index contributed by atoms with van der Waals surface area (Å²) in [4.78, 5) is 33.8. The Labute approximate surface area is 378 Å². The number of benzene rings is 3. The van der Waals surface area contributed by atoms with Crippen LogP contribution in [0.4, 0.5) is 11.4 Å². The number of rotatable bonds is 21. The topological polar surface area (TPSA) is 163 Å². The Balaban J connectivity index is 1.15. The van der Waals surface area contributed by atoms with Crippen LogP contribution < -0.4 is 10.2 Å². The van der Waals surface area contributed by atoms with E-state index in [2.05, 4.69) is 105 Å². The van der Waals surface area contributed by atoms with E-state index in [0.717, 1.165) is 104 Å². The van der Waals surface area contributed by atoms with E-state index in [1.807, 2.05) is 60.8 Å². The van der Waals surface area contributed by atoms with E-state index >= 15 is 0 Å². The van der Waals surface area contributed by atoms with Crippen LogP contribution in [0, 0.1) is 0 Å². The summed E-state index contributed by atoms with van der Waals surface area (Å²) in [6.45, 7) is 12.4. The lowest BCUT2D eigenvalue weighted by Crippen LogP contribution is -2.43.